The third kappa shape index (κ3) is 5.42. The van der Waals surface area contributed by atoms with Crippen molar-refractivity contribution < 1.29 is 23.1 Å². The van der Waals surface area contributed by atoms with Crippen molar-refractivity contribution in [3.05, 3.63) is 58.1 Å². The number of hydrogen-bond acceptors (Lipinski definition) is 5. The normalized spacial score (nSPS) is 19.9. The molecule has 0 aliphatic carbocycles. The number of aliphatic carboxylic acids is 1. The number of hydrogen-bond donors (Lipinski definition) is 1. The zero-order chi connectivity index (χ0) is 23.9. The number of fused-ring (bicyclic) bond motifs is 1. The Morgan fingerprint density at radius 2 is 1.82 bits per heavy atom. The predicted octanol–water partition coefficient (Wildman–Crippen LogP) is 5.69. The van der Waals surface area contributed by atoms with Gasteiger partial charge >= 0.3 is 12.1 Å². The van der Waals surface area contributed by atoms with Gasteiger partial charge in [-0.2, -0.15) is 13.2 Å². The molecule has 0 amide bonds. The Hall–Kier alpha value is -2.36. The van der Waals surface area contributed by atoms with Crippen molar-refractivity contribution in [2.75, 3.05) is 18.0 Å². The first-order chi connectivity index (χ1) is 15.5. The maximum absolute atomic E-state index is 13.0. The van der Waals surface area contributed by atoms with Gasteiger partial charge < -0.3 is 10.0 Å². The maximum atomic E-state index is 13.0. The molecule has 1 aliphatic heterocycles. The molecule has 2 atom stereocenters. The molecule has 2 unspecified atom stereocenters. The van der Waals surface area contributed by atoms with E-state index in [2.05, 4.69) is 28.6 Å². The van der Waals surface area contributed by atoms with Gasteiger partial charge in [0.05, 0.1) is 22.2 Å². The van der Waals surface area contributed by atoms with Crippen LogP contribution in [0.5, 0.6) is 0 Å². The number of benzene rings is 2. The van der Waals surface area contributed by atoms with Crippen LogP contribution in [0.4, 0.5) is 18.3 Å². The van der Waals surface area contributed by atoms with Crippen LogP contribution in [-0.2, 0) is 23.9 Å². The SMILES string of the molecule is CC1CN(c2nc3ccc(C(F)(F)F)cc3s2)CC(C)N1Cc1cc(Cl)cc(CC(=O)O)c1. The second kappa shape index (κ2) is 9.12. The average Bonchev–Trinajstić information content (AvgIpc) is 3.12. The van der Waals surface area contributed by atoms with Crippen molar-refractivity contribution in [3.63, 3.8) is 0 Å². The van der Waals surface area contributed by atoms with Crippen LogP contribution < -0.4 is 4.90 Å². The zero-order valence-corrected chi connectivity index (χ0v) is 19.6. The van der Waals surface area contributed by atoms with Gasteiger partial charge in [0.15, 0.2) is 5.13 Å². The smallest absolute Gasteiger partial charge is 0.416 e. The van der Waals surface area contributed by atoms with Gasteiger partial charge in [0, 0.05) is 36.7 Å². The Balaban J connectivity index is 1.50. The Bertz CT molecular complexity index is 1170. The summed E-state index contributed by atoms with van der Waals surface area (Å²) in [4.78, 5) is 20.1. The number of carbonyl (C=O) groups is 1. The van der Waals surface area contributed by atoms with Gasteiger partial charge in [0.1, 0.15) is 0 Å². The fourth-order valence-corrected chi connectivity index (χ4v) is 5.65. The van der Waals surface area contributed by atoms with Crippen molar-refractivity contribution in [1.82, 2.24) is 9.88 Å². The van der Waals surface area contributed by atoms with E-state index in [1.54, 1.807) is 6.07 Å². The van der Waals surface area contributed by atoms with Crippen molar-refractivity contribution in [3.8, 4) is 0 Å². The quantitative estimate of drug-likeness (QED) is 0.490. The summed E-state index contributed by atoms with van der Waals surface area (Å²) >= 11 is 7.48. The van der Waals surface area contributed by atoms with E-state index in [4.69, 9.17) is 16.7 Å². The molecule has 4 rings (SSSR count). The molecule has 1 N–H and O–H groups in total. The van der Waals surface area contributed by atoms with E-state index in [0.717, 1.165) is 17.7 Å². The summed E-state index contributed by atoms with van der Waals surface area (Å²) in [5.74, 6) is -0.906. The van der Waals surface area contributed by atoms with Crippen LogP contribution in [0.15, 0.2) is 36.4 Å². The first kappa shape index (κ1) is 23.8. The Kier molecular flexibility index (Phi) is 6.57. The minimum atomic E-state index is -4.38. The van der Waals surface area contributed by atoms with E-state index in [1.165, 1.54) is 17.4 Å². The molecule has 3 aromatic rings. The number of halogens is 4. The van der Waals surface area contributed by atoms with Crippen LogP contribution in [0, 0.1) is 0 Å². The average molecular weight is 498 g/mol. The lowest BCUT2D eigenvalue weighted by Crippen LogP contribution is -2.56. The lowest BCUT2D eigenvalue weighted by atomic mass is 10.0. The highest BCUT2D eigenvalue weighted by atomic mass is 35.5. The predicted molar refractivity (Wildman–Crippen MR) is 124 cm³/mol. The molecule has 1 saturated heterocycles. The van der Waals surface area contributed by atoms with Gasteiger partial charge in [-0.25, -0.2) is 4.98 Å². The van der Waals surface area contributed by atoms with Crippen LogP contribution in [-0.4, -0.2) is 46.1 Å². The number of piperazine rings is 1. The molecule has 0 spiro atoms. The molecule has 33 heavy (non-hydrogen) atoms. The van der Waals surface area contributed by atoms with Crippen molar-refractivity contribution in [1.29, 1.82) is 0 Å². The fourth-order valence-electron chi connectivity index (χ4n) is 4.34. The third-order valence-corrected chi connectivity index (χ3v) is 7.11. The molecule has 2 heterocycles. The highest BCUT2D eigenvalue weighted by Gasteiger charge is 2.33. The summed E-state index contributed by atoms with van der Waals surface area (Å²) < 4.78 is 39.7. The van der Waals surface area contributed by atoms with Crippen LogP contribution in [0.25, 0.3) is 10.2 Å². The Morgan fingerprint density at radius 1 is 1.15 bits per heavy atom. The fraction of sp³-hybridized carbons (Fsp3) is 0.391. The van der Waals surface area contributed by atoms with Gasteiger partial charge in [-0.1, -0.05) is 29.0 Å². The molecular formula is C23H23ClF3N3O2S. The van der Waals surface area contributed by atoms with Gasteiger partial charge in [-0.3, -0.25) is 9.69 Å². The lowest BCUT2D eigenvalue weighted by Gasteiger charge is -2.44. The van der Waals surface area contributed by atoms with Crippen molar-refractivity contribution >= 4 is 44.3 Å². The first-order valence-electron chi connectivity index (χ1n) is 10.5. The summed E-state index contributed by atoms with van der Waals surface area (Å²) in [6.07, 6.45) is -4.46. The summed E-state index contributed by atoms with van der Waals surface area (Å²) in [5, 5.41) is 10.3. The molecule has 176 valence electrons. The van der Waals surface area contributed by atoms with Crippen molar-refractivity contribution in [2.24, 2.45) is 0 Å². The van der Waals surface area contributed by atoms with Crippen LogP contribution in [0.1, 0.15) is 30.5 Å². The number of aromatic nitrogens is 1. The van der Waals surface area contributed by atoms with Crippen LogP contribution in [0.2, 0.25) is 5.02 Å². The number of thiazole rings is 1. The van der Waals surface area contributed by atoms with E-state index < -0.39 is 17.7 Å². The van der Waals surface area contributed by atoms with Gasteiger partial charge in [0.25, 0.3) is 0 Å². The van der Waals surface area contributed by atoms with Gasteiger partial charge in [-0.15, -0.1) is 0 Å². The Labute approximate surface area is 198 Å². The molecule has 1 fully saturated rings. The summed E-state index contributed by atoms with van der Waals surface area (Å²) in [6, 6.07) is 9.34. The number of anilines is 1. The number of rotatable bonds is 5. The van der Waals surface area contributed by atoms with Crippen LogP contribution in [0.3, 0.4) is 0 Å². The van der Waals surface area contributed by atoms with E-state index in [1.807, 2.05) is 12.1 Å². The number of alkyl halides is 3. The highest BCUT2D eigenvalue weighted by molar-refractivity contribution is 7.22. The maximum Gasteiger partial charge on any atom is 0.416 e. The first-order valence-corrected chi connectivity index (χ1v) is 11.7. The van der Waals surface area contributed by atoms with Crippen LogP contribution >= 0.6 is 22.9 Å². The molecule has 5 nitrogen and oxygen atoms in total. The molecule has 2 aromatic carbocycles. The van der Waals surface area contributed by atoms with Crippen molar-refractivity contribution in [2.45, 2.75) is 45.1 Å². The summed E-state index contributed by atoms with van der Waals surface area (Å²) in [5.41, 5.74) is 1.51. The number of nitrogens with zero attached hydrogens (tertiary/aromatic N) is 3. The minimum Gasteiger partial charge on any atom is -0.481 e. The van der Waals surface area contributed by atoms with E-state index in [-0.39, 0.29) is 18.5 Å². The monoisotopic (exact) mass is 497 g/mol. The van der Waals surface area contributed by atoms with E-state index in [0.29, 0.717) is 45.6 Å². The molecule has 10 heteroatoms. The van der Waals surface area contributed by atoms with E-state index >= 15 is 0 Å². The topological polar surface area (TPSA) is 56.7 Å². The molecule has 0 bridgehead atoms. The third-order valence-electron chi connectivity index (χ3n) is 5.81. The number of carboxylic acid groups (broad SMARTS) is 1. The highest BCUT2D eigenvalue weighted by Crippen LogP contribution is 2.36. The molecule has 1 aliphatic rings. The Morgan fingerprint density at radius 3 is 2.45 bits per heavy atom. The van der Waals surface area contributed by atoms with Gasteiger partial charge in [0.2, 0.25) is 0 Å². The molecular weight excluding hydrogens is 475 g/mol. The minimum absolute atomic E-state index is 0.0832. The molecule has 0 radical (unpaired) electrons. The second-order valence-corrected chi connectivity index (χ2v) is 9.94. The summed E-state index contributed by atoms with van der Waals surface area (Å²) in [6.45, 7) is 6.18. The zero-order valence-electron chi connectivity index (χ0n) is 18.1. The second-order valence-electron chi connectivity index (χ2n) is 8.49. The number of carboxylic acids is 1. The molecule has 1 aromatic heterocycles. The lowest BCUT2D eigenvalue weighted by molar-refractivity contribution is -0.138. The van der Waals surface area contributed by atoms with Gasteiger partial charge in [-0.05, 0) is 55.3 Å². The largest absolute Gasteiger partial charge is 0.481 e. The summed E-state index contributed by atoms with van der Waals surface area (Å²) in [7, 11) is 0. The molecule has 0 saturated carbocycles. The van der Waals surface area contributed by atoms with E-state index in [9.17, 15) is 18.0 Å². The standard InChI is InChI=1S/C23H23ClF3N3O2S/c1-13-10-29(22-28-19-4-3-17(23(25,26)27)9-20(19)33-22)11-14(2)30(13)12-16-5-15(8-21(31)32)6-18(24)7-16/h3-7,9,13-14H,8,10-12H2,1-2H3,(H,31,32).